The molecule has 0 heterocycles. The molecule has 0 aliphatic heterocycles. The standard InChI is InChI=1S/C6H12NO/c1-4-6(8)7-5(2)3/h5H,2,4H2,1,3H3,(H,7,8). The summed E-state index contributed by atoms with van der Waals surface area (Å²) in [7, 11) is 0. The van der Waals surface area contributed by atoms with Gasteiger partial charge in [-0.1, -0.05) is 6.92 Å². The second-order valence-electron chi connectivity index (χ2n) is 1.82. The summed E-state index contributed by atoms with van der Waals surface area (Å²) in [6.45, 7) is 7.25. The van der Waals surface area contributed by atoms with Gasteiger partial charge in [-0.3, -0.25) is 4.79 Å². The third kappa shape index (κ3) is 3.65. The zero-order chi connectivity index (χ0) is 6.57. The first-order valence-electron chi connectivity index (χ1n) is 2.79. The van der Waals surface area contributed by atoms with Gasteiger partial charge in [0.1, 0.15) is 0 Å². The average molecular weight is 114 g/mol. The molecule has 0 saturated carbocycles. The van der Waals surface area contributed by atoms with Gasteiger partial charge in [-0.15, -0.1) is 0 Å². The highest BCUT2D eigenvalue weighted by atomic mass is 16.1. The van der Waals surface area contributed by atoms with E-state index >= 15 is 0 Å². The summed E-state index contributed by atoms with van der Waals surface area (Å²) < 4.78 is 0. The second-order valence-corrected chi connectivity index (χ2v) is 1.82. The Bertz CT molecular complexity index is 78.6. The molecule has 1 amide bonds. The monoisotopic (exact) mass is 114 g/mol. The van der Waals surface area contributed by atoms with Gasteiger partial charge in [0.15, 0.2) is 0 Å². The van der Waals surface area contributed by atoms with Gasteiger partial charge in [0.05, 0.1) is 0 Å². The van der Waals surface area contributed by atoms with Crippen LogP contribution in [0.15, 0.2) is 0 Å². The van der Waals surface area contributed by atoms with Crippen LogP contribution < -0.4 is 5.32 Å². The molecule has 0 aromatic carbocycles. The molecule has 8 heavy (non-hydrogen) atoms. The van der Waals surface area contributed by atoms with E-state index < -0.39 is 0 Å². The summed E-state index contributed by atoms with van der Waals surface area (Å²) >= 11 is 0. The van der Waals surface area contributed by atoms with Crippen molar-refractivity contribution < 1.29 is 4.79 Å². The molecule has 0 saturated heterocycles. The molecule has 0 aliphatic rings. The Balaban J connectivity index is 3.25. The van der Waals surface area contributed by atoms with Crippen LogP contribution in [-0.2, 0) is 4.79 Å². The third-order valence-electron chi connectivity index (χ3n) is 0.729. The van der Waals surface area contributed by atoms with E-state index in [9.17, 15) is 4.79 Å². The van der Waals surface area contributed by atoms with Gasteiger partial charge in [-0.05, 0) is 13.8 Å². The molecule has 2 nitrogen and oxygen atoms in total. The van der Waals surface area contributed by atoms with E-state index in [1.54, 1.807) is 0 Å². The van der Waals surface area contributed by atoms with E-state index in [-0.39, 0.29) is 11.9 Å². The van der Waals surface area contributed by atoms with Crippen molar-refractivity contribution in [1.82, 2.24) is 5.32 Å². The lowest BCUT2D eigenvalue weighted by atomic mass is 10.3. The summed E-state index contributed by atoms with van der Waals surface area (Å²) in [6.07, 6.45) is 0.542. The minimum atomic E-state index is 0.0300. The normalized spacial score (nSPS) is 9.50. The topological polar surface area (TPSA) is 29.1 Å². The first-order chi connectivity index (χ1) is 3.66. The summed E-state index contributed by atoms with van der Waals surface area (Å²) in [4.78, 5) is 10.5. The van der Waals surface area contributed by atoms with Gasteiger partial charge < -0.3 is 5.32 Å². The highest BCUT2D eigenvalue weighted by Crippen LogP contribution is 1.78. The van der Waals surface area contributed by atoms with E-state index in [1.807, 2.05) is 13.8 Å². The Labute approximate surface area is 50.3 Å². The van der Waals surface area contributed by atoms with Gasteiger partial charge in [0, 0.05) is 12.5 Å². The Hall–Kier alpha value is -0.530. The van der Waals surface area contributed by atoms with Crippen LogP contribution in [0, 0.1) is 6.92 Å². The number of amides is 1. The minimum Gasteiger partial charge on any atom is -0.354 e. The summed E-state index contributed by atoms with van der Waals surface area (Å²) in [5, 5.41) is 2.64. The first-order valence-corrected chi connectivity index (χ1v) is 2.79. The maximum Gasteiger partial charge on any atom is 0.219 e. The van der Waals surface area contributed by atoms with E-state index in [4.69, 9.17) is 0 Å². The molecule has 0 aliphatic carbocycles. The largest absolute Gasteiger partial charge is 0.354 e. The lowest BCUT2D eigenvalue weighted by Gasteiger charge is -2.04. The fourth-order valence-corrected chi connectivity index (χ4v) is 0.377. The molecule has 1 unspecified atom stereocenters. The Kier molecular flexibility index (Phi) is 3.24. The fraction of sp³-hybridized carbons (Fsp3) is 0.667. The highest BCUT2D eigenvalue weighted by Gasteiger charge is 1.96. The quantitative estimate of drug-likeness (QED) is 0.563. The Morgan fingerprint density at radius 3 is 2.50 bits per heavy atom. The second kappa shape index (κ2) is 3.47. The van der Waals surface area contributed by atoms with Crippen LogP contribution >= 0.6 is 0 Å². The van der Waals surface area contributed by atoms with Crippen LogP contribution in [0.1, 0.15) is 20.3 Å². The molecule has 0 bridgehead atoms. The molecule has 0 spiro atoms. The molecule has 0 aromatic rings. The van der Waals surface area contributed by atoms with Crippen molar-refractivity contribution in [3.63, 3.8) is 0 Å². The third-order valence-corrected chi connectivity index (χ3v) is 0.729. The summed E-state index contributed by atoms with van der Waals surface area (Å²) in [6, 6.07) is 0.0300. The smallest absolute Gasteiger partial charge is 0.219 e. The van der Waals surface area contributed by atoms with Crippen LogP contribution in [0.3, 0.4) is 0 Å². The van der Waals surface area contributed by atoms with E-state index in [1.165, 1.54) is 0 Å². The Morgan fingerprint density at radius 2 is 2.38 bits per heavy atom. The van der Waals surface area contributed by atoms with Crippen molar-refractivity contribution in [2.75, 3.05) is 0 Å². The van der Waals surface area contributed by atoms with Crippen molar-refractivity contribution in [3.05, 3.63) is 6.92 Å². The Morgan fingerprint density at radius 1 is 1.88 bits per heavy atom. The van der Waals surface area contributed by atoms with Gasteiger partial charge in [-0.25, -0.2) is 0 Å². The number of nitrogens with one attached hydrogen (secondary N) is 1. The van der Waals surface area contributed by atoms with Crippen LogP contribution in [-0.4, -0.2) is 11.9 Å². The molecular weight excluding hydrogens is 102 g/mol. The molecule has 1 N–H and O–H groups in total. The van der Waals surface area contributed by atoms with Gasteiger partial charge in [0.25, 0.3) is 0 Å². The van der Waals surface area contributed by atoms with Crippen molar-refractivity contribution in [1.29, 1.82) is 0 Å². The van der Waals surface area contributed by atoms with E-state index in [2.05, 4.69) is 12.2 Å². The zero-order valence-corrected chi connectivity index (χ0v) is 5.40. The number of carbonyl (C=O) groups excluding carboxylic acids is 1. The van der Waals surface area contributed by atoms with Crippen molar-refractivity contribution in [3.8, 4) is 0 Å². The molecule has 47 valence electrons. The summed E-state index contributed by atoms with van der Waals surface area (Å²) in [5.41, 5.74) is 0. The minimum absolute atomic E-state index is 0.0300. The zero-order valence-electron chi connectivity index (χ0n) is 5.40. The highest BCUT2D eigenvalue weighted by molar-refractivity contribution is 5.75. The molecule has 0 rings (SSSR count). The average Bonchev–Trinajstić information content (AvgIpc) is 1.65. The molecule has 2 heteroatoms. The molecular formula is C6H12NO. The predicted octanol–water partition coefficient (Wildman–Crippen LogP) is 0.735. The molecule has 1 radical (unpaired) electrons. The first kappa shape index (κ1) is 7.47. The van der Waals surface area contributed by atoms with Gasteiger partial charge in [0.2, 0.25) is 5.91 Å². The molecule has 0 fully saturated rings. The lowest BCUT2D eigenvalue weighted by Crippen LogP contribution is -2.29. The predicted molar refractivity (Wildman–Crippen MR) is 33.3 cm³/mol. The van der Waals surface area contributed by atoms with Gasteiger partial charge >= 0.3 is 0 Å². The number of hydrogen-bond acceptors (Lipinski definition) is 1. The molecule has 1 atom stereocenters. The van der Waals surface area contributed by atoms with Crippen molar-refractivity contribution in [2.24, 2.45) is 0 Å². The number of rotatable bonds is 2. The van der Waals surface area contributed by atoms with Crippen LogP contribution in [0.5, 0.6) is 0 Å². The fourth-order valence-electron chi connectivity index (χ4n) is 0.377. The van der Waals surface area contributed by atoms with E-state index in [0.29, 0.717) is 6.42 Å². The van der Waals surface area contributed by atoms with Crippen LogP contribution in [0.4, 0.5) is 0 Å². The van der Waals surface area contributed by atoms with Gasteiger partial charge in [-0.2, -0.15) is 0 Å². The molecule has 0 aromatic heterocycles. The number of hydrogen-bond donors (Lipinski definition) is 1. The van der Waals surface area contributed by atoms with Crippen molar-refractivity contribution >= 4 is 5.91 Å². The van der Waals surface area contributed by atoms with Crippen LogP contribution in [0.25, 0.3) is 0 Å². The lowest BCUT2D eigenvalue weighted by molar-refractivity contribution is -0.121. The maximum absolute atomic E-state index is 10.5. The van der Waals surface area contributed by atoms with E-state index in [0.717, 1.165) is 0 Å². The maximum atomic E-state index is 10.5. The van der Waals surface area contributed by atoms with Crippen LogP contribution in [0.2, 0.25) is 0 Å². The summed E-state index contributed by atoms with van der Waals surface area (Å²) in [5.74, 6) is 0.0625. The number of carbonyl (C=O) groups is 1. The SMILES string of the molecule is [CH2]C(C)NC(=O)CC. The van der Waals surface area contributed by atoms with Crippen molar-refractivity contribution in [2.45, 2.75) is 26.3 Å².